The number of aryl methyl sites for hydroxylation is 1. The number of rotatable bonds is 5. The number of carboxylic acid groups (broad SMARTS) is 1. The minimum absolute atomic E-state index is 0.669. The lowest BCUT2D eigenvalue weighted by Crippen LogP contribution is -2.21. The molecule has 0 saturated heterocycles. The zero-order valence-electron chi connectivity index (χ0n) is 18.7. The Labute approximate surface area is 196 Å². The largest absolute Gasteiger partial charge is 0.490 e. The summed E-state index contributed by atoms with van der Waals surface area (Å²) in [7, 11) is 0. The summed E-state index contributed by atoms with van der Waals surface area (Å²) in [6.07, 6.45) is 1.65. The van der Waals surface area contributed by atoms with Crippen molar-refractivity contribution in [1.82, 2.24) is 19.9 Å². The van der Waals surface area contributed by atoms with Gasteiger partial charge in [0.15, 0.2) is 0 Å². The van der Waals surface area contributed by atoms with Crippen molar-refractivity contribution in [3.05, 3.63) is 82.7 Å². The predicted octanol–water partition coefficient (Wildman–Crippen LogP) is 4.27. The van der Waals surface area contributed by atoms with Gasteiger partial charge in [0.1, 0.15) is 0 Å². The maximum absolute atomic E-state index is 10.6. The van der Waals surface area contributed by atoms with Crippen molar-refractivity contribution in [2.45, 2.75) is 51.5 Å². The number of benzene rings is 2. The van der Waals surface area contributed by atoms with Gasteiger partial charge >= 0.3 is 12.1 Å². The van der Waals surface area contributed by atoms with Crippen molar-refractivity contribution in [1.29, 1.82) is 0 Å². The third kappa shape index (κ3) is 6.22. The van der Waals surface area contributed by atoms with Crippen LogP contribution in [-0.2, 0) is 43.7 Å². The summed E-state index contributed by atoms with van der Waals surface area (Å²) >= 11 is 0. The van der Waals surface area contributed by atoms with E-state index in [-0.39, 0.29) is 0 Å². The van der Waals surface area contributed by atoms with Gasteiger partial charge in [0.25, 0.3) is 0 Å². The highest BCUT2D eigenvalue weighted by Gasteiger charge is 2.38. The van der Waals surface area contributed by atoms with Crippen molar-refractivity contribution in [2.75, 3.05) is 6.54 Å². The maximum atomic E-state index is 10.6. The van der Waals surface area contributed by atoms with E-state index in [1.165, 1.54) is 35.1 Å². The predicted molar refractivity (Wildman–Crippen MR) is 120 cm³/mol. The second kappa shape index (κ2) is 10.4. The zero-order valence-corrected chi connectivity index (χ0v) is 18.7. The number of carboxylic acids is 1. The summed E-state index contributed by atoms with van der Waals surface area (Å²) in [5.74, 6) is -2.09. The summed E-state index contributed by atoms with van der Waals surface area (Å²) in [5.41, 5.74) is 7.10. The Morgan fingerprint density at radius 2 is 1.59 bits per heavy atom. The molecule has 1 N–H and O–H groups in total. The van der Waals surface area contributed by atoms with Crippen LogP contribution < -0.4 is 0 Å². The summed E-state index contributed by atoms with van der Waals surface area (Å²) < 4.78 is 33.8. The molecule has 6 nitrogen and oxygen atoms in total. The van der Waals surface area contributed by atoms with Gasteiger partial charge < -0.3 is 5.11 Å². The molecule has 2 aromatic carbocycles. The van der Waals surface area contributed by atoms with Gasteiger partial charge in [0, 0.05) is 38.8 Å². The van der Waals surface area contributed by atoms with E-state index in [9.17, 15) is 13.2 Å². The molecule has 1 aliphatic heterocycles. The third-order valence-electron chi connectivity index (χ3n) is 6.31. The van der Waals surface area contributed by atoms with Gasteiger partial charge in [-0.1, -0.05) is 53.7 Å². The number of hydrogen-bond acceptors (Lipinski definition) is 4. The molecule has 9 heteroatoms. The lowest BCUT2D eigenvalue weighted by molar-refractivity contribution is -0.192. The molecule has 1 aliphatic carbocycles. The Balaban J connectivity index is 0.000000344. The molecular formula is C25H27F3N4O2. The van der Waals surface area contributed by atoms with Crippen LogP contribution in [0.3, 0.4) is 0 Å². The number of aromatic nitrogens is 3. The Hall–Kier alpha value is -3.20. The molecule has 5 rings (SSSR count). The molecule has 3 aromatic rings. The molecule has 180 valence electrons. The number of halogens is 3. The van der Waals surface area contributed by atoms with E-state index in [1.807, 2.05) is 0 Å². The Kier molecular flexibility index (Phi) is 7.31. The highest BCUT2D eigenvalue weighted by Crippen LogP contribution is 2.26. The molecule has 1 atom stereocenters. The van der Waals surface area contributed by atoms with Crippen molar-refractivity contribution in [3.8, 4) is 0 Å². The lowest BCUT2D eigenvalue weighted by atomic mass is 9.84. The van der Waals surface area contributed by atoms with Crippen LogP contribution in [0, 0.1) is 5.92 Å². The number of hydrogen-bond donors (Lipinski definition) is 1. The van der Waals surface area contributed by atoms with Crippen LogP contribution in [0.4, 0.5) is 13.2 Å². The molecular weight excluding hydrogens is 445 g/mol. The fourth-order valence-corrected chi connectivity index (χ4v) is 4.57. The summed E-state index contributed by atoms with van der Waals surface area (Å²) in [4.78, 5) is 11.4. The van der Waals surface area contributed by atoms with Gasteiger partial charge in [-0.3, -0.25) is 9.58 Å². The molecule has 0 saturated carbocycles. The van der Waals surface area contributed by atoms with Crippen molar-refractivity contribution < 1.29 is 23.1 Å². The topological polar surface area (TPSA) is 71.2 Å². The van der Waals surface area contributed by atoms with E-state index in [4.69, 9.17) is 9.90 Å². The normalized spacial score (nSPS) is 17.4. The van der Waals surface area contributed by atoms with Crippen LogP contribution in [0.1, 0.15) is 34.4 Å². The van der Waals surface area contributed by atoms with Gasteiger partial charge in [-0.25, -0.2) is 4.79 Å². The Bertz CT molecular complexity index is 1100. The van der Waals surface area contributed by atoms with Crippen molar-refractivity contribution in [3.63, 3.8) is 0 Å². The second-order valence-corrected chi connectivity index (χ2v) is 8.84. The van der Waals surface area contributed by atoms with Crippen LogP contribution in [-0.4, -0.2) is 43.7 Å². The first-order valence-corrected chi connectivity index (χ1v) is 11.3. The van der Waals surface area contributed by atoms with Gasteiger partial charge in [-0.15, -0.1) is 5.10 Å². The highest BCUT2D eigenvalue weighted by atomic mass is 19.4. The molecule has 0 bridgehead atoms. The van der Waals surface area contributed by atoms with Gasteiger partial charge in [0.05, 0.1) is 5.69 Å². The average molecular weight is 473 g/mol. The van der Waals surface area contributed by atoms with Gasteiger partial charge in [0.2, 0.25) is 0 Å². The molecule has 0 radical (unpaired) electrons. The molecule has 2 heterocycles. The summed E-state index contributed by atoms with van der Waals surface area (Å²) in [5, 5.41) is 15.9. The van der Waals surface area contributed by atoms with Crippen molar-refractivity contribution >= 4 is 5.97 Å². The van der Waals surface area contributed by atoms with Gasteiger partial charge in [-0.05, 0) is 47.4 Å². The second-order valence-electron chi connectivity index (χ2n) is 8.84. The summed E-state index contributed by atoms with van der Waals surface area (Å²) in [6.45, 7) is 4.15. The van der Waals surface area contributed by atoms with E-state index in [0.717, 1.165) is 44.7 Å². The minimum atomic E-state index is -5.08. The van der Waals surface area contributed by atoms with Crippen LogP contribution in [0.5, 0.6) is 0 Å². The third-order valence-corrected chi connectivity index (χ3v) is 6.31. The number of nitrogens with zero attached hydrogens (tertiary/aromatic N) is 4. The van der Waals surface area contributed by atoms with E-state index in [1.54, 1.807) is 0 Å². The summed E-state index contributed by atoms with van der Waals surface area (Å²) in [6, 6.07) is 17.6. The van der Waals surface area contributed by atoms with Crippen LogP contribution >= 0.6 is 0 Å². The molecule has 1 unspecified atom stereocenters. The SMILES string of the molecule is O=C(O)C(F)(F)F.c1ccc2c(c1)CCC(Cn1cc(CCN3Cc4ccccc4C3)nn1)C2. The quantitative estimate of drug-likeness (QED) is 0.601. The fourth-order valence-electron chi connectivity index (χ4n) is 4.57. The molecule has 2 aliphatic rings. The average Bonchev–Trinajstić information content (AvgIpc) is 3.43. The first-order chi connectivity index (χ1) is 16.3. The molecule has 1 aromatic heterocycles. The van der Waals surface area contributed by atoms with E-state index < -0.39 is 12.1 Å². The Morgan fingerprint density at radius 3 is 2.21 bits per heavy atom. The fraction of sp³-hybridized carbons (Fsp3) is 0.400. The molecule has 34 heavy (non-hydrogen) atoms. The van der Waals surface area contributed by atoms with E-state index >= 15 is 0 Å². The molecule has 0 fully saturated rings. The van der Waals surface area contributed by atoms with Crippen molar-refractivity contribution in [2.24, 2.45) is 5.92 Å². The number of aliphatic carboxylic acids is 1. The number of alkyl halides is 3. The molecule has 0 spiro atoms. The number of fused-ring (bicyclic) bond motifs is 2. The van der Waals surface area contributed by atoms with E-state index in [2.05, 4.69) is 74.6 Å². The minimum Gasteiger partial charge on any atom is -0.475 e. The first-order valence-electron chi connectivity index (χ1n) is 11.3. The smallest absolute Gasteiger partial charge is 0.475 e. The zero-order chi connectivity index (χ0) is 24.1. The lowest BCUT2D eigenvalue weighted by Gasteiger charge is -2.24. The van der Waals surface area contributed by atoms with Crippen LogP contribution in [0.2, 0.25) is 0 Å². The first kappa shape index (κ1) is 23.9. The van der Waals surface area contributed by atoms with E-state index in [0.29, 0.717) is 5.92 Å². The molecule has 0 amide bonds. The van der Waals surface area contributed by atoms with Crippen LogP contribution in [0.25, 0.3) is 0 Å². The number of carbonyl (C=O) groups is 1. The standard InChI is InChI=1S/C23H26N4.C2HF3O2/c1-2-6-20-13-18(9-10-19(20)5-1)14-27-17-23(24-25-27)11-12-26-15-21-7-3-4-8-22(21)16-26;3-2(4,5)1(6)7/h1-8,17-18H,9-16H2;(H,6,7). The monoisotopic (exact) mass is 472 g/mol. The highest BCUT2D eigenvalue weighted by molar-refractivity contribution is 5.73. The Morgan fingerprint density at radius 1 is 1.00 bits per heavy atom. The maximum Gasteiger partial charge on any atom is 0.490 e. The van der Waals surface area contributed by atoms with Crippen LogP contribution in [0.15, 0.2) is 54.7 Å². The van der Waals surface area contributed by atoms with Gasteiger partial charge in [-0.2, -0.15) is 13.2 Å².